The van der Waals surface area contributed by atoms with Gasteiger partial charge >= 0.3 is 5.97 Å². The van der Waals surface area contributed by atoms with Crippen LogP contribution in [0.5, 0.6) is 5.75 Å². The maximum atomic E-state index is 13.6. The topological polar surface area (TPSA) is 96.4 Å². The molecular weight excluding hydrogens is 424 g/mol. The molecule has 2 heterocycles. The highest BCUT2D eigenvalue weighted by Gasteiger charge is 2.60. The van der Waals surface area contributed by atoms with Crippen LogP contribution < -0.4 is 14.7 Å². The third-order valence-corrected chi connectivity index (χ3v) is 5.96. The molecule has 33 heavy (non-hydrogen) atoms. The minimum Gasteiger partial charge on any atom is -0.497 e. The second-order valence-electron chi connectivity index (χ2n) is 7.80. The van der Waals surface area contributed by atoms with E-state index in [0.29, 0.717) is 11.4 Å². The highest BCUT2D eigenvalue weighted by Crippen LogP contribution is 2.47. The van der Waals surface area contributed by atoms with Gasteiger partial charge in [0.05, 0.1) is 30.1 Å². The van der Waals surface area contributed by atoms with E-state index in [0.717, 1.165) is 16.2 Å². The van der Waals surface area contributed by atoms with E-state index in [2.05, 4.69) is 0 Å². The molecule has 0 spiro atoms. The van der Waals surface area contributed by atoms with Crippen LogP contribution in [0, 0.1) is 5.92 Å². The molecule has 1 N–H and O–H groups in total. The number of methoxy groups -OCH3 is 1. The molecular formula is C25H20N2O6. The number of hydrogen-bond acceptors (Lipinski definition) is 6. The molecule has 8 nitrogen and oxygen atoms in total. The van der Waals surface area contributed by atoms with Crippen molar-refractivity contribution in [3.63, 3.8) is 0 Å². The highest BCUT2D eigenvalue weighted by molar-refractivity contribution is 6.24. The summed E-state index contributed by atoms with van der Waals surface area (Å²) in [5.41, 5.74) is 1.91. The summed E-state index contributed by atoms with van der Waals surface area (Å²) in [6, 6.07) is 21.7. The molecule has 2 saturated heterocycles. The summed E-state index contributed by atoms with van der Waals surface area (Å²) < 4.78 is 5.25. The molecule has 2 amide bonds. The number of carbonyl (C=O) groups excluding carboxylic acids is 2. The average molecular weight is 444 g/mol. The fourth-order valence-corrected chi connectivity index (χ4v) is 4.36. The van der Waals surface area contributed by atoms with Crippen molar-refractivity contribution < 1.29 is 29.1 Å². The van der Waals surface area contributed by atoms with Crippen LogP contribution in [-0.2, 0) is 14.4 Å². The van der Waals surface area contributed by atoms with Crippen LogP contribution in [0.25, 0.3) is 0 Å². The first-order chi connectivity index (χ1) is 16.0. The summed E-state index contributed by atoms with van der Waals surface area (Å²) in [4.78, 5) is 45.2. The number of nitrogens with zero attached hydrogens (tertiary/aromatic N) is 2. The Labute approximate surface area is 189 Å². The molecule has 3 atom stereocenters. The van der Waals surface area contributed by atoms with E-state index in [9.17, 15) is 14.4 Å². The fraction of sp³-hybridized carbons (Fsp3) is 0.160. The first-order valence-corrected chi connectivity index (χ1v) is 10.4. The maximum absolute atomic E-state index is 13.6. The minimum atomic E-state index is -1.08. The van der Waals surface area contributed by atoms with E-state index in [1.165, 1.54) is 24.3 Å². The number of hydrogen-bond donors (Lipinski definition) is 1. The summed E-state index contributed by atoms with van der Waals surface area (Å²) in [5.74, 6) is -2.06. The number of ether oxygens (including phenoxy) is 1. The zero-order valence-corrected chi connectivity index (χ0v) is 17.6. The number of hydroxylamine groups is 1. The monoisotopic (exact) mass is 444 g/mol. The molecule has 0 aliphatic carbocycles. The summed E-state index contributed by atoms with van der Waals surface area (Å²) >= 11 is 0. The van der Waals surface area contributed by atoms with Gasteiger partial charge in [0.1, 0.15) is 11.7 Å². The van der Waals surface area contributed by atoms with Crippen molar-refractivity contribution in [2.75, 3.05) is 17.1 Å². The van der Waals surface area contributed by atoms with Gasteiger partial charge in [0.15, 0.2) is 6.10 Å². The molecule has 166 valence electrons. The summed E-state index contributed by atoms with van der Waals surface area (Å²) in [5, 5.41) is 10.8. The molecule has 0 aromatic heterocycles. The number of para-hydroxylation sites is 1. The predicted octanol–water partition coefficient (Wildman–Crippen LogP) is 3.44. The van der Waals surface area contributed by atoms with Gasteiger partial charge in [-0.25, -0.2) is 14.8 Å². The quantitative estimate of drug-likeness (QED) is 0.602. The number of carboxylic acid groups (broad SMARTS) is 1. The Kier molecular flexibility index (Phi) is 5.07. The van der Waals surface area contributed by atoms with Gasteiger partial charge in [-0.3, -0.25) is 14.4 Å². The molecule has 8 heteroatoms. The number of fused-ring (bicyclic) bond motifs is 1. The van der Waals surface area contributed by atoms with Crippen LogP contribution in [0.1, 0.15) is 22.0 Å². The lowest BCUT2D eigenvalue weighted by atomic mass is 9.90. The summed E-state index contributed by atoms with van der Waals surface area (Å²) in [7, 11) is 1.58. The summed E-state index contributed by atoms with van der Waals surface area (Å²) in [6.07, 6.45) is -0.996. The third-order valence-electron chi connectivity index (χ3n) is 5.96. The number of aromatic carboxylic acids is 1. The lowest BCUT2D eigenvalue weighted by molar-refractivity contribution is -0.126. The van der Waals surface area contributed by atoms with Crippen LogP contribution in [0.4, 0.5) is 11.4 Å². The Morgan fingerprint density at radius 3 is 2.15 bits per heavy atom. The van der Waals surface area contributed by atoms with Gasteiger partial charge in [-0.05, 0) is 54.1 Å². The third kappa shape index (κ3) is 3.41. The molecule has 0 saturated carbocycles. The maximum Gasteiger partial charge on any atom is 0.335 e. The molecule has 3 aromatic rings. The minimum absolute atomic E-state index is 0.0700. The van der Waals surface area contributed by atoms with Gasteiger partial charge in [-0.15, -0.1) is 0 Å². The molecule has 5 rings (SSSR count). The molecule has 0 radical (unpaired) electrons. The Balaban J connectivity index is 1.54. The Bertz CT molecular complexity index is 1210. The SMILES string of the molecule is COc1ccc([C@H]2[C@H]3C(=O)N(c4ccc(C(=O)O)cc4)C(=O)[C@H]3ON2c2ccccc2)cc1. The van der Waals surface area contributed by atoms with Crippen molar-refractivity contribution in [3.8, 4) is 5.75 Å². The normalized spacial score (nSPS) is 21.9. The van der Waals surface area contributed by atoms with E-state index in [1.54, 1.807) is 24.3 Å². The fourth-order valence-electron chi connectivity index (χ4n) is 4.36. The number of imide groups is 1. The lowest BCUT2D eigenvalue weighted by Crippen LogP contribution is -2.37. The van der Waals surface area contributed by atoms with Gasteiger partial charge in [0.25, 0.3) is 5.91 Å². The zero-order valence-electron chi connectivity index (χ0n) is 17.6. The van der Waals surface area contributed by atoms with Gasteiger partial charge in [-0.2, -0.15) is 0 Å². The first kappa shape index (κ1) is 20.7. The molecule has 0 bridgehead atoms. The van der Waals surface area contributed by atoms with Crippen molar-refractivity contribution in [1.82, 2.24) is 0 Å². The van der Waals surface area contributed by atoms with Crippen LogP contribution in [0.2, 0.25) is 0 Å². The number of carbonyl (C=O) groups is 3. The van der Waals surface area contributed by atoms with Crippen molar-refractivity contribution >= 4 is 29.2 Å². The lowest BCUT2D eigenvalue weighted by Gasteiger charge is -2.28. The van der Waals surface area contributed by atoms with E-state index >= 15 is 0 Å². The van der Waals surface area contributed by atoms with E-state index in [-0.39, 0.29) is 5.56 Å². The summed E-state index contributed by atoms with van der Waals surface area (Å²) in [6.45, 7) is 0. The molecule has 2 fully saturated rings. The van der Waals surface area contributed by atoms with E-state index in [4.69, 9.17) is 14.7 Å². The molecule has 3 aromatic carbocycles. The van der Waals surface area contributed by atoms with E-state index < -0.39 is 35.8 Å². The molecule has 0 unspecified atom stereocenters. The zero-order chi connectivity index (χ0) is 23.1. The Morgan fingerprint density at radius 1 is 0.879 bits per heavy atom. The van der Waals surface area contributed by atoms with E-state index in [1.807, 2.05) is 42.5 Å². The second kappa shape index (κ2) is 8.07. The highest BCUT2D eigenvalue weighted by atomic mass is 16.7. The van der Waals surface area contributed by atoms with Crippen LogP contribution in [0.3, 0.4) is 0 Å². The number of rotatable bonds is 5. The largest absolute Gasteiger partial charge is 0.497 e. The Hall–Kier alpha value is -4.17. The number of amides is 2. The van der Waals surface area contributed by atoms with Crippen LogP contribution >= 0.6 is 0 Å². The number of anilines is 2. The van der Waals surface area contributed by atoms with Crippen molar-refractivity contribution in [1.29, 1.82) is 0 Å². The van der Waals surface area contributed by atoms with Gasteiger partial charge in [0, 0.05) is 0 Å². The number of carboxylic acids is 1. The first-order valence-electron chi connectivity index (χ1n) is 10.4. The molecule has 2 aliphatic heterocycles. The van der Waals surface area contributed by atoms with Crippen LogP contribution in [-0.4, -0.2) is 36.1 Å². The average Bonchev–Trinajstić information content (AvgIpc) is 3.35. The second-order valence-corrected chi connectivity index (χ2v) is 7.80. The van der Waals surface area contributed by atoms with Crippen molar-refractivity contribution in [2.24, 2.45) is 5.92 Å². The Morgan fingerprint density at radius 2 is 1.55 bits per heavy atom. The van der Waals surface area contributed by atoms with Crippen molar-refractivity contribution in [3.05, 3.63) is 90.0 Å². The van der Waals surface area contributed by atoms with Crippen LogP contribution in [0.15, 0.2) is 78.9 Å². The van der Waals surface area contributed by atoms with Gasteiger partial charge < -0.3 is 9.84 Å². The van der Waals surface area contributed by atoms with Gasteiger partial charge in [-0.1, -0.05) is 30.3 Å². The van der Waals surface area contributed by atoms with Gasteiger partial charge in [0.2, 0.25) is 5.91 Å². The standard InChI is InChI=1S/C25H20N2O6/c1-32-19-13-9-15(10-14-19)21-20-22(33-27(21)18-5-3-2-4-6-18)24(29)26(23(20)28)17-11-7-16(8-12-17)25(30)31/h2-14,20-22H,1H3,(H,30,31)/t20-,21+,22+/m1/s1. The molecule has 2 aliphatic rings. The smallest absolute Gasteiger partial charge is 0.335 e. The van der Waals surface area contributed by atoms with Crippen molar-refractivity contribution in [2.45, 2.75) is 12.1 Å². The predicted molar refractivity (Wildman–Crippen MR) is 119 cm³/mol. The number of benzene rings is 3.